The Morgan fingerprint density at radius 2 is 2.17 bits per heavy atom. The molecule has 0 radical (unpaired) electrons. The summed E-state index contributed by atoms with van der Waals surface area (Å²) in [6, 6.07) is 1.27. The quantitative estimate of drug-likeness (QED) is 0.626. The van der Waals surface area contributed by atoms with E-state index in [-0.39, 0.29) is 14.5 Å². The number of rotatable bonds is 7. The summed E-state index contributed by atoms with van der Waals surface area (Å²) in [5.41, 5.74) is 0.544. The van der Waals surface area contributed by atoms with Crippen molar-refractivity contribution in [2.45, 2.75) is 52.3 Å². The molecule has 0 bridgehead atoms. The molecule has 132 valence electrons. The second-order valence-corrected chi connectivity index (χ2v) is 11.7. The van der Waals surface area contributed by atoms with Gasteiger partial charge in [0.2, 0.25) is 10.0 Å². The fraction of sp³-hybridized carbons (Fsp3) is 0.692. The van der Waals surface area contributed by atoms with Crippen molar-refractivity contribution in [1.82, 2.24) is 5.32 Å². The minimum atomic E-state index is -3.91. The maximum atomic E-state index is 12.8. The van der Waals surface area contributed by atoms with E-state index in [4.69, 9.17) is 5.14 Å². The number of alkyl halides is 1. The molecule has 10 heteroatoms. The zero-order valence-corrected chi connectivity index (χ0v) is 16.8. The van der Waals surface area contributed by atoms with E-state index >= 15 is 0 Å². The number of nitrogens with one attached hydrogen (secondary N) is 1. The third-order valence-electron chi connectivity index (χ3n) is 3.85. The van der Waals surface area contributed by atoms with E-state index in [0.717, 1.165) is 36.1 Å². The first kappa shape index (κ1) is 19.3. The van der Waals surface area contributed by atoms with Crippen molar-refractivity contribution >= 4 is 47.1 Å². The summed E-state index contributed by atoms with van der Waals surface area (Å²) in [7, 11) is -7.42. The van der Waals surface area contributed by atoms with Crippen molar-refractivity contribution in [3.8, 4) is 0 Å². The van der Waals surface area contributed by atoms with Gasteiger partial charge in [-0.05, 0) is 38.3 Å². The number of primary sulfonamides is 1. The lowest BCUT2D eigenvalue weighted by atomic mass is 10.0. The van der Waals surface area contributed by atoms with E-state index in [1.807, 2.05) is 6.92 Å². The lowest BCUT2D eigenvalue weighted by Gasteiger charge is -2.30. The number of hydrogen-bond acceptors (Lipinski definition) is 6. The van der Waals surface area contributed by atoms with Crippen LogP contribution in [-0.2, 0) is 19.9 Å². The van der Waals surface area contributed by atoms with Gasteiger partial charge in [0.25, 0.3) is 0 Å². The van der Waals surface area contributed by atoms with Crippen LogP contribution in [0.15, 0.2) is 14.5 Å². The molecule has 3 N–H and O–H groups in total. The summed E-state index contributed by atoms with van der Waals surface area (Å²) in [6.07, 6.45) is 2.69. The summed E-state index contributed by atoms with van der Waals surface area (Å²) in [6.45, 7) is 2.77. The molecule has 6 nitrogen and oxygen atoms in total. The molecular weight excluding hydrogens is 424 g/mol. The molecule has 0 saturated heterocycles. The lowest BCUT2D eigenvalue weighted by Crippen LogP contribution is -2.35. The SMILES string of the molecule is CCCNC1CC(CCCBr)S(=O)(=O)c2sc(S(N)(=O)=O)cc21. The Morgan fingerprint density at radius 3 is 2.74 bits per heavy atom. The van der Waals surface area contributed by atoms with Crippen molar-refractivity contribution in [2.75, 3.05) is 11.9 Å². The van der Waals surface area contributed by atoms with Crippen LogP contribution >= 0.6 is 27.3 Å². The van der Waals surface area contributed by atoms with Gasteiger partial charge in [-0.1, -0.05) is 22.9 Å². The van der Waals surface area contributed by atoms with Gasteiger partial charge in [-0.3, -0.25) is 0 Å². The van der Waals surface area contributed by atoms with E-state index in [2.05, 4.69) is 21.2 Å². The third-order valence-corrected chi connectivity index (χ3v) is 9.79. The average molecular weight is 445 g/mol. The number of thiophene rings is 1. The van der Waals surface area contributed by atoms with Crippen molar-refractivity contribution in [2.24, 2.45) is 5.14 Å². The van der Waals surface area contributed by atoms with Crippen LogP contribution in [0.5, 0.6) is 0 Å². The Labute approximate surface area is 149 Å². The highest BCUT2D eigenvalue weighted by atomic mass is 79.9. The fourth-order valence-corrected chi connectivity index (χ4v) is 7.80. The zero-order valence-electron chi connectivity index (χ0n) is 12.8. The van der Waals surface area contributed by atoms with Crippen LogP contribution in [0.25, 0.3) is 0 Å². The molecule has 1 aromatic heterocycles. The van der Waals surface area contributed by atoms with Crippen LogP contribution < -0.4 is 10.5 Å². The highest BCUT2D eigenvalue weighted by molar-refractivity contribution is 9.09. The fourth-order valence-electron chi connectivity index (χ4n) is 2.73. The van der Waals surface area contributed by atoms with Gasteiger partial charge in [-0.15, -0.1) is 11.3 Å². The molecule has 2 atom stereocenters. The number of sulfone groups is 1. The van der Waals surface area contributed by atoms with Gasteiger partial charge < -0.3 is 5.32 Å². The summed E-state index contributed by atoms with van der Waals surface area (Å²) in [5.74, 6) is 0. The largest absolute Gasteiger partial charge is 0.310 e. The van der Waals surface area contributed by atoms with Crippen molar-refractivity contribution in [1.29, 1.82) is 0 Å². The van der Waals surface area contributed by atoms with Crippen LogP contribution in [0.3, 0.4) is 0 Å². The van der Waals surface area contributed by atoms with E-state index in [0.29, 0.717) is 18.4 Å². The van der Waals surface area contributed by atoms with Gasteiger partial charge in [0.05, 0.1) is 5.25 Å². The van der Waals surface area contributed by atoms with Crippen LogP contribution in [0, 0.1) is 0 Å². The summed E-state index contributed by atoms with van der Waals surface area (Å²) in [5, 5.41) is 8.76. The van der Waals surface area contributed by atoms with Crippen molar-refractivity contribution in [3.05, 3.63) is 11.6 Å². The Bertz CT molecular complexity index is 758. The van der Waals surface area contributed by atoms with Gasteiger partial charge >= 0.3 is 0 Å². The standard InChI is InChI=1S/C13H21BrN2O4S3/c1-2-6-16-11-7-9(4-3-5-14)22(17,18)13-10(11)8-12(21-13)23(15,19)20/h8-9,11,16H,2-7H2,1H3,(H2,15,19,20). The van der Waals surface area contributed by atoms with Gasteiger partial charge in [-0.2, -0.15) is 0 Å². The van der Waals surface area contributed by atoms with Gasteiger partial charge in [0, 0.05) is 16.9 Å². The molecule has 0 aromatic carbocycles. The minimum absolute atomic E-state index is 0.0875. The molecule has 0 fully saturated rings. The Hall–Kier alpha value is 0. The number of halogens is 1. The first-order valence-corrected chi connectivity index (χ1v) is 12.4. The van der Waals surface area contributed by atoms with E-state index in [1.54, 1.807) is 0 Å². The molecule has 23 heavy (non-hydrogen) atoms. The van der Waals surface area contributed by atoms with Crippen LogP contribution in [0.2, 0.25) is 0 Å². The molecule has 2 heterocycles. The first-order chi connectivity index (χ1) is 10.7. The summed E-state index contributed by atoms with van der Waals surface area (Å²) in [4.78, 5) is 0. The van der Waals surface area contributed by atoms with Crippen LogP contribution in [0.4, 0.5) is 0 Å². The van der Waals surface area contributed by atoms with Crippen molar-refractivity contribution in [3.63, 3.8) is 0 Å². The zero-order chi connectivity index (χ0) is 17.3. The number of hydrogen-bond donors (Lipinski definition) is 2. The van der Waals surface area contributed by atoms with Gasteiger partial charge in [-0.25, -0.2) is 22.0 Å². The maximum absolute atomic E-state index is 12.8. The van der Waals surface area contributed by atoms with Gasteiger partial charge in [0.1, 0.15) is 8.42 Å². The summed E-state index contributed by atoms with van der Waals surface area (Å²) < 4.78 is 48.9. The number of fused-ring (bicyclic) bond motifs is 1. The predicted octanol–water partition coefficient (Wildman–Crippen LogP) is 2.16. The lowest BCUT2D eigenvalue weighted by molar-refractivity contribution is 0.448. The highest BCUT2D eigenvalue weighted by Crippen LogP contribution is 2.43. The molecule has 0 spiro atoms. The molecule has 1 aliphatic rings. The van der Waals surface area contributed by atoms with Crippen LogP contribution in [0.1, 0.15) is 44.2 Å². The molecule has 2 unspecified atom stereocenters. The molecule has 0 saturated carbocycles. The third kappa shape index (κ3) is 4.16. The second-order valence-electron chi connectivity index (χ2n) is 5.59. The molecular formula is C13H21BrN2O4S3. The Morgan fingerprint density at radius 1 is 1.48 bits per heavy atom. The summed E-state index contributed by atoms with van der Waals surface area (Å²) >= 11 is 4.10. The molecule has 1 aromatic rings. The molecule has 0 aliphatic carbocycles. The Kier molecular flexibility index (Phi) is 6.29. The molecule has 0 amide bonds. The predicted molar refractivity (Wildman–Crippen MR) is 95.3 cm³/mol. The molecule has 1 aliphatic heterocycles. The number of sulfonamides is 1. The monoisotopic (exact) mass is 444 g/mol. The van der Waals surface area contributed by atoms with E-state index in [9.17, 15) is 16.8 Å². The van der Waals surface area contributed by atoms with Crippen molar-refractivity contribution < 1.29 is 16.8 Å². The minimum Gasteiger partial charge on any atom is -0.310 e. The average Bonchev–Trinajstić information content (AvgIpc) is 2.92. The topological polar surface area (TPSA) is 106 Å². The van der Waals surface area contributed by atoms with Crippen LogP contribution in [-0.4, -0.2) is 34.0 Å². The van der Waals surface area contributed by atoms with E-state index in [1.165, 1.54) is 6.07 Å². The second kappa shape index (κ2) is 7.49. The molecule has 2 rings (SSSR count). The smallest absolute Gasteiger partial charge is 0.247 e. The van der Waals surface area contributed by atoms with E-state index < -0.39 is 25.1 Å². The normalized spacial score (nSPS) is 23.6. The first-order valence-electron chi connectivity index (χ1n) is 7.41. The maximum Gasteiger partial charge on any atom is 0.247 e. The Balaban J connectivity index is 2.49. The van der Waals surface area contributed by atoms with Gasteiger partial charge in [0.15, 0.2) is 9.84 Å². The number of nitrogens with two attached hydrogens (primary N) is 1. The highest BCUT2D eigenvalue weighted by Gasteiger charge is 2.41.